The van der Waals surface area contributed by atoms with Crippen LogP contribution in [-0.4, -0.2) is 6.04 Å². The van der Waals surface area contributed by atoms with Gasteiger partial charge in [0.2, 0.25) is 0 Å². The third kappa shape index (κ3) is 2.45. The molecule has 2 unspecified atom stereocenters. The maximum atomic E-state index is 3.77. The number of fused-ring (bicyclic) bond motifs is 1. The minimum absolute atomic E-state index is 0.720. The lowest BCUT2D eigenvalue weighted by Gasteiger charge is -2.29. The van der Waals surface area contributed by atoms with Crippen molar-refractivity contribution in [2.75, 3.05) is 0 Å². The van der Waals surface area contributed by atoms with E-state index in [2.05, 4.69) is 41.9 Å². The van der Waals surface area contributed by atoms with Crippen LogP contribution in [0.15, 0.2) is 29.6 Å². The van der Waals surface area contributed by atoms with E-state index in [9.17, 15) is 0 Å². The van der Waals surface area contributed by atoms with Gasteiger partial charge in [0.05, 0.1) is 0 Å². The lowest BCUT2D eigenvalue weighted by atomic mass is 9.86. The molecule has 0 aliphatic heterocycles. The van der Waals surface area contributed by atoms with Gasteiger partial charge in [-0.3, -0.25) is 0 Å². The standard InChI is InChI=1S/C16H21NS/c1-12-6-2-4-8-15(12)17-10-13-11-18-16-9-5-3-7-14(13)16/h3,5,7,9,11-12,15,17H,2,4,6,8,10H2,1H3. The second-order valence-electron chi connectivity index (χ2n) is 5.51. The summed E-state index contributed by atoms with van der Waals surface area (Å²) in [5.41, 5.74) is 1.47. The molecule has 96 valence electrons. The molecule has 0 bridgehead atoms. The third-order valence-electron chi connectivity index (χ3n) is 4.23. The molecule has 18 heavy (non-hydrogen) atoms. The van der Waals surface area contributed by atoms with E-state index < -0.39 is 0 Å². The minimum Gasteiger partial charge on any atom is -0.310 e. The smallest absolute Gasteiger partial charge is 0.0346 e. The van der Waals surface area contributed by atoms with Gasteiger partial charge < -0.3 is 5.32 Å². The van der Waals surface area contributed by atoms with Crippen LogP contribution in [0.3, 0.4) is 0 Å². The fourth-order valence-electron chi connectivity index (χ4n) is 3.03. The summed E-state index contributed by atoms with van der Waals surface area (Å²) in [6, 6.07) is 9.44. The molecule has 1 aliphatic rings. The van der Waals surface area contributed by atoms with Gasteiger partial charge in [0, 0.05) is 17.3 Å². The molecule has 2 aromatic rings. The zero-order chi connectivity index (χ0) is 12.4. The second-order valence-corrected chi connectivity index (χ2v) is 6.42. The van der Waals surface area contributed by atoms with Gasteiger partial charge in [-0.1, -0.05) is 38.0 Å². The summed E-state index contributed by atoms with van der Waals surface area (Å²) in [5.74, 6) is 0.837. The lowest BCUT2D eigenvalue weighted by molar-refractivity contribution is 0.280. The highest BCUT2D eigenvalue weighted by atomic mass is 32.1. The second kappa shape index (κ2) is 5.41. The predicted octanol–water partition coefficient (Wildman–Crippen LogP) is 4.57. The Morgan fingerprint density at radius 2 is 2.06 bits per heavy atom. The Labute approximate surface area is 113 Å². The van der Waals surface area contributed by atoms with Crippen molar-refractivity contribution in [2.24, 2.45) is 5.92 Å². The largest absolute Gasteiger partial charge is 0.310 e. The van der Waals surface area contributed by atoms with Crippen molar-refractivity contribution >= 4 is 21.4 Å². The average molecular weight is 259 g/mol. The molecule has 1 fully saturated rings. The van der Waals surface area contributed by atoms with Crippen LogP contribution < -0.4 is 5.32 Å². The van der Waals surface area contributed by atoms with Crippen LogP contribution in [0.4, 0.5) is 0 Å². The van der Waals surface area contributed by atoms with Crippen molar-refractivity contribution in [3.8, 4) is 0 Å². The van der Waals surface area contributed by atoms with E-state index in [4.69, 9.17) is 0 Å². The van der Waals surface area contributed by atoms with E-state index in [1.54, 1.807) is 0 Å². The highest BCUT2D eigenvalue weighted by Crippen LogP contribution is 2.27. The molecule has 3 rings (SSSR count). The van der Waals surface area contributed by atoms with Gasteiger partial charge in [0.15, 0.2) is 0 Å². The molecule has 0 amide bonds. The van der Waals surface area contributed by atoms with Crippen LogP contribution in [0, 0.1) is 5.92 Å². The van der Waals surface area contributed by atoms with Crippen molar-refractivity contribution < 1.29 is 0 Å². The molecule has 1 nitrogen and oxygen atoms in total. The first kappa shape index (κ1) is 12.2. The number of hydrogen-bond acceptors (Lipinski definition) is 2. The number of nitrogens with one attached hydrogen (secondary N) is 1. The highest BCUT2D eigenvalue weighted by Gasteiger charge is 2.20. The van der Waals surface area contributed by atoms with E-state index in [1.807, 2.05) is 11.3 Å². The monoisotopic (exact) mass is 259 g/mol. The maximum absolute atomic E-state index is 3.77. The Bertz CT molecular complexity index is 517. The Balaban J connectivity index is 1.69. The van der Waals surface area contributed by atoms with Crippen LogP contribution in [0.2, 0.25) is 0 Å². The van der Waals surface area contributed by atoms with Gasteiger partial charge in [-0.05, 0) is 41.2 Å². The van der Waals surface area contributed by atoms with E-state index in [0.717, 1.165) is 18.5 Å². The fraction of sp³-hybridized carbons (Fsp3) is 0.500. The molecule has 1 N–H and O–H groups in total. The first-order valence-corrected chi connectivity index (χ1v) is 7.91. The summed E-state index contributed by atoms with van der Waals surface area (Å²) in [5, 5.41) is 7.51. The first-order chi connectivity index (χ1) is 8.84. The molecule has 2 atom stereocenters. The summed E-state index contributed by atoms with van der Waals surface area (Å²) < 4.78 is 1.41. The first-order valence-electron chi connectivity index (χ1n) is 7.03. The predicted molar refractivity (Wildman–Crippen MR) is 80.1 cm³/mol. The van der Waals surface area contributed by atoms with Gasteiger partial charge in [0.25, 0.3) is 0 Å². The molecular weight excluding hydrogens is 238 g/mol. The van der Waals surface area contributed by atoms with E-state index in [1.165, 1.54) is 41.3 Å². The summed E-state index contributed by atoms with van der Waals surface area (Å²) in [7, 11) is 0. The van der Waals surface area contributed by atoms with Crippen molar-refractivity contribution in [2.45, 2.75) is 45.2 Å². The quantitative estimate of drug-likeness (QED) is 0.851. The van der Waals surface area contributed by atoms with Crippen LogP contribution in [0.1, 0.15) is 38.2 Å². The van der Waals surface area contributed by atoms with E-state index >= 15 is 0 Å². The van der Waals surface area contributed by atoms with Crippen molar-refractivity contribution in [1.82, 2.24) is 5.32 Å². The number of rotatable bonds is 3. The molecule has 1 aromatic carbocycles. The highest BCUT2D eigenvalue weighted by molar-refractivity contribution is 7.17. The van der Waals surface area contributed by atoms with Crippen LogP contribution in [-0.2, 0) is 6.54 Å². The molecule has 0 spiro atoms. The number of hydrogen-bond donors (Lipinski definition) is 1. The molecule has 0 radical (unpaired) electrons. The molecule has 1 aliphatic carbocycles. The molecule has 1 heterocycles. The Morgan fingerprint density at radius 3 is 2.94 bits per heavy atom. The van der Waals surface area contributed by atoms with Crippen LogP contribution in [0.5, 0.6) is 0 Å². The summed E-state index contributed by atoms with van der Waals surface area (Å²) in [6.45, 7) is 3.42. The maximum Gasteiger partial charge on any atom is 0.0346 e. The summed E-state index contributed by atoms with van der Waals surface area (Å²) in [4.78, 5) is 0. The van der Waals surface area contributed by atoms with Gasteiger partial charge in [-0.2, -0.15) is 0 Å². The zero-order valence-electron chi connectivity index (χ0n) is 11.0. The van der Waals surface area contributed by atoms with Gasteiger partial charge in [-0.15, -0.1) is 11.3 Å². The van der Waals surface area contributed by atoms with E-state index in [0.29, 0.717) is 0 Å². The molecule has 1 aromatic heterocycles. The van der Waals surface area contributed by atoms with Gasteiger partial charge >= 0.3 is 0 Å². The Hall–Kier alpha value is -0.860. The lowest BCUT2D eigenvalue weighted by Crippen LogP contribution is -2.36. The third-order valence-corrected chi connectivity index (χ3v) is 5.24. The van der Waals surface area contributed by atoms with Crippen molar-refractivity contribution in [3.05, 3.63) is 35.2 Å². The zero-order valence-corrected chi connectivity index (χ0v) is 11.8. The van der Waals surface area contributed by atoms with E-state index in [-0.39, 0.29) is 0 Å². The minimum atomic E-state index is 0.720. The van der Waals surface area contributed by atoms with Gasteiger partial charge in [-0.25, -0.2) is 0 Å². The summed E-state index contributed by atoms with van der Waals surface area (Å²) >= 11 is 1.86. The number of benzene rings is 1. The van der Waals surface area contributed by atoms with Crippen LogP contribution >= 0.6 is 11.3 Å². The van der Waals surface area contributed by atoms with Crippen molar-refractivity contribution in [1.29, 1.82) is 0 Å². The van der Waals surface area contributed by atoms with Crippen molar-refractivity contribution in [3.63, 3.8) is 0 Å². The number of thiophene rings is 1. The normalized spacial score (nSPS) is 24.5. The Kier molecular flexibility index (Phi) is 3.67. The molecular formula is C16H21NS. The molecule has 1 saturated carbocycles. The Morgan fingerprint density at radius 1 is 1.22 bits per heavy atom. The fourth-order valence-corrected chi connectivity index (χ4v) is 3.99. The summed E-state index contributed by atoms with van der Waals surface area (Å²) in [6.07, 6.45) is 5.55. The molecule has 0 saturated heterocycles. The molecule has 2 heteroatoms. The van der Waals surface area contributed by atoms with Gasteiger partial charge in [0.1, 0.15) is 0 Å². The van der Waals surface area contributed by atoms with Crippen LogP contribution in [0.25, 0.3) is 10.1 Å². The topological polar surface area (TPSA) is 12.0 Å². The SMILES string of the molecule is CC1CCCCC1NCc1csc2ccccc12. The average Bonchev–Trinajstić information content (AvgIpc) is 2.81.